The molecule has 3 rings (SSSR count). The summed E-state index contributed by atoms with van der Waals surface area (Å²) in [6.07, 6.45) is 4.67. The van der Waals surface area contributed by atoms with Gasteiger partial charge in [0.25, 0.3) is 0 Å². The molecule has 0 radical (unpaired) electrons. The zero-order valence-electron chi connectivity index (χ0n) is 16.2. The molecule has 0 saturated carbocycles. The Morgan fingerprint density at radius 1 is 0.964 bits per heavy atom. The SMILES string of the molecule is O=C(CN1CCCCCCC1=O)NCCOc1ccccc1-c1ccccc1. The van der Waals surface area contributed by atoms with Crippen LogP contribution in [-0.4, -0.2) is 43.0 Å². The number of hydrogen-bond acceptors (Lipinski definition) is 3. The van der Waals surface area contributed by atoms with E-state index in [9.17, 15) is 9.59 Å². The van der Waals surface area contributed by atoms with Crippen LogP contribution in [0.2, 0.25) is 0 Å². The highest BCUT2D eigenvalue weighted by Gasteiger charge is 2.18. The van der Waals surface area contributed by atoms with Gasteiger partial charge in [-0.25, -0.2) is 0 Å². The second kappa shape index (κ2) is 10.5. The molecule has 1 N–H and O–H groups in total. The molecule has 1 aliphatic heterocycles. The number of carbonyl (C=O) groups is 2. The van der Waals surface area contributed by atoms with Crippen molar-refractivity contribution in [1.82, 2.24) is 10.2 Å². The van der Waals surface area contributed by atoms with Crippen molar-refractivity contribution in [3.05, 3.63) is 54.6 Å². The van der Waals surface area contributed by atoms with Gasteiger partial charge in [-0.15, -0.1) is 0 Å². The van der Waals surface area contributed by atoms with E-state index >= 15 is 0 Å². The third-order valence-corrected chi connectivity index (χ3v) is 4.91. The molecule has 1 aliphatic rings. The Balaban J connectivity index is 1.46. The maximum absolute atomic E-state index is 12.2. The number of nitrogens with one attached hydrogen (secondary N) is 1. The van der Waals surface area contributed by atoms with Gasteiger partial charge >= 0.3 is 0 Å². The van der Waals surface area contributed by atoms with E-state index in [1.165, 1.54) is 0 Å². The molecule has 0 aliphatic carbocycles. The summed E-state index contributed by atoms with van der Waals surface area (Å²) in [6.45, 7) is 1.60. The Bertz CT molecular complexity index is 776. The van der Waals surface area contributed by atoms with Gasteiger partial charge in [0.05, 0.1) is 13.1 Å². The molecule has 2 amide bonds. The van der Waals surface area contributed by atoms with Crippen LogP contribution in [0.1, 0.15) is 32.1 Å². The smallest absolute Gasteiger partial charge is 0.239 e. The molecule has 2 aromatic rings. The summed E-state index contributed by atoms with van der Waals surface area (Å²) in [4.78, 5) is 26.0. The van der Waals surface area contributed by atoms with Crippen molar-refractivity contribution < 1.29 is 14.3 Å². The van der Waals surface area contributed by atoms with Crippen molar-refractivity contribution in [2.75, 3.05) is 26.2 Å². The van der Waals surface area contributed by atoms with Crippen LogP contribution in [0.4, 0.5) is 0 Å². The topological polar surface area (TPSA) is 58.6 Å². The lowest BCUT2D eigenvalue weighted by Crippen LogP contribution is -2.42. The Labute approximate surface area is 166 Å². The number of ether oxygens (including phenoxy) is 1. The molecular formula is C23H28N2O3. The first-order valence-corrected chi connectivity index (χ1v) is 10.1. The van der Waals surface area contributed by atoms with E-state index in [0.29, 0.717) is 26.1 Å². The number of likely N-dealkylation sites (tertiary alicyclic amines) is 1. The van der Waals surface area contributed by atoms with Gasteiger partial charge in [-0.2, -0.15) is 0 Å². The molecule has 1 heterocycles. The minimum atomic E-state index is -0.131. The minimum absolute atomic E-state index is 0.0860. The van der Waals surface area contributed by atoms with E-state index in [1.54, 1.807) is 4.90 Å². The molecule has 5 heteroatoms. The largest absolute Gasteiger partial charge is 0.491 e. The number of nitrogens with zero attached hydrogens (tertiary/aromatic N) is 1. The lowest BCUT2D eigenvalue weighted by atomic mass is 10.1. The molecule has 1 saturated heterocycles. The van der Waals surface area contributed by atoms with Gasteiger partial charge in [-0.3, -0.25) is 9.59 Å². The molecular weight excluding hydrogens is 352 g/mol. The lowest BCUT2D eigenvalue weighted by molar-refractivity contribution is -0.136. The van der Waals surface area contributed by atoms with Crippen LogP contribution in [0.3, 0.4) is 0 Å². The normalized spacial score (nSPS) is 14.9. The highest BCUT2D eigenvalue weighted by atomic mass is 16.5. The second-order valence-corrected chi connectivity index (χ2v) is 7.04. The average molecular weight is 380 g/mol. The number of para-hydroxylation sites is 1. The van der Waals surface area contributed by atoms with E-state index in [0.717, 1.165) is 42.6 Å². The van der Waals surface area contributed by atoms with Gasteiger partial charge < -0.3 is 15.0 Å². The van der Waals surface area contributed by atoms with E-state index < -0.39 is 0 Å². The molecule has 28 heavy (non-hydrogen) atoms. The summed E-state index contributed by atoms with van der Waals surface area (Å²) < 4.78 is 5.89. The summed E-state index contributed by atoms with van der Waals surface area (Å²) in [5.74, 6) is 0.749. The molecule has 1 fully saturated rings. The van der Waals surface area contributed by atoms with Crippen molar-refractivity contribution in [3.8, 4) is 16.9 Å². The number of hydrogen-bond donors (Lipinski definition) is 1. The first-order chi connectivity index (χ1) is 13.7. The van der Waals surface area contributed by atoms with Crippen molar-refractivity contribution in [3.63, 3.8) is 0 Å². The molecule has 2 aromatic carbocycles. The van der Waals surface area contributed by atoms with Gasteiger partial charge in [-0.1, -0.05) is 61.4 Å². The minimum Gasteiger partial charge on any atom is -0.491 e. The van der Waals surface area contributed by atoms with E-state index in [2.05, 4.69) is 5.32 Å². The fourth-order valence-electron chi connectivity index (χ4n) is 3.41. The lowest BCUT2D eigenvalue weighted by Gasteiger charge is -2.24. The van der Waals surface area contributed by atoms with E-state index in [4.69, 9.17) is 4.74 Å². The number of carbonyl (C=O) groups excluding carboxylic acids is 2. The van der Waals surface area contributed by atoms with Crippen LogP contribution >= 0.6 is 0 Å². The molecule has 5 nitrogen and oxygen atoms in total. The Morgan fingerprint density at radius 2 is 1.71 bits per heavy atom. The summed E-state index contributed by atoms with van der Waals surface area (Å²) in [7, 11) is 0. The fraction of sp³-hybridized carbons (Fsp3) is 0.391. The van der Waals surface area contributed by atoms with Crippen LogP contribution in [0.25, 0.3) is 11.1 Å². The standard InChI is InChI=1S/C23H28N2O3/c26-22(18-25-16-9-2-1-6-14-23(25)27)24-15-17-28-21-13-8-7-12-20(21)19-10-4-3-5-11-19/h3-5,7-8,10-13H,1-2,6,9,14-18H2,(H,24,26). The summed E-state index contributed by atoms with van der Waals surface area (Å²) in [5, 5.41) is 2.86. The predicted octanol–water partition coefficient (Wildman–Crippen LogP) is 3.64. The van der Waals surface area contributed by atoms with Gasteiger partial charge in [-0.05, 0) is 24.5 Å². The third kappa shape index (κ3) is 5.84. The highest BCUT2D eigenvalue weighted by Crippen LogP contribution is 2.29. The molecule has 0 unspecified atom stereocenters. The average Bonchev–Trinajstić information content (AvgIpc) is 2.72. The van der Waals surface area contributed by atoms with Gasteiger partial charge in [0.1, 0.15) is 12.4 Å². The zero-order valence-corrected chi connectivity index (χ0v) is 16.2. The quantitative estimate of drug-likeness (QED) is 0.746. The number of rotatable bonds is 7. The zero-order chi connectivity index (χ0) is 19.6. The predicted molar refractivity (Wildman–Crippen MR) is 110 cm³/mol. The van der Waals surface area contributed by atoms with Crippen LogP contribution in [0.15, 0.2) is 54.6 Å². The Morgan fingerprint density at radius 3 is 2.57 bits per heavy atom. The maximum atomic E-state index is 12.2. The van der Waals surface area contributed by atoms with Crippen molar-refractivity contribution in [1.29, 1.82) is 0 Å². The Hall–Kier alpha value is -2.82. The van der Waals surface area contributed by atoms with Gasteiger partial charge in [0, 0.05) is 18.5 Å². The summed E-state index contributed by atoms with van der Waals surface area (Å²) in [6, 6.07) is 18.0. The summed E-state index contributed by atoms with van der Waals surface area (Å²) >= 11 is 0. The third-order valence-electron chi connectivity index (χ3n) is 4.91. The van der Waals surface area contributed by atoms with Crippen LogP contribution in [0, 0.1) is 0 Å². The molecule has 0 atom stereocenters. The monoisotopic (exact) mass is 380 g/mol. The number of amides is 2. The van der Waals surface area contributed by atoms with Gasteiger partial charge in [0.15, 0.2) is 0 Å². The van der Waals surface area contributed by atoms with Crippen molar-refractivity contribution >= 4 is 11.8 Å². The van der Waals surface area contributed by atoms with E-state index in [1.807, 2.05) is 54.6 Å². The van der Waals surface area contributed by atoms with E-state index in [-0.39, 0.29) is 18.4 Å². The first-order valence-electron chi connectivity index (χ1n) is 10.1. The van der Waals surface area contributed by atoms with Gasteiger partial charge in [0.2, 0.25) is 11.8 Å². The molecule has 0 bridgehead atoms. The summed E-state index contributed by atoms with van der Waals surface area (Å²) in [5.41, 5.74) is 2.12. The second-order valence-electron chi connectivity index (χ2n) is 7.04. The Kier molecular flexibility index (Phi) is 7.47. The maximum Gasteiger partial charge on any atom is 0.239 e. The van der Waals surface area contributed by atoms with Crippen LogP contribution in [-0.2, 0) is 9.59 Å². The molecule has 0 aromatic heterocycles. The van der Waals surface area contributed by atoms with Crippen molar-refractivity contribution in [2.24, 2.45) is 0 Å². The number of benzene rings is 2. The van der Waals surface area contributed by atoms with Crippen LogP contribution in [0.5, 0.6) is 5.75 Å². The first kappa shape index (κ1) is 19.9. The highest BCUT2D eigenvalue weighted by molar-refractivity contribution is 5.84. The molecule has 0 spiro atoms. The van der Waals surface area contributed by atoms with Crippen LogP contribution < -0.4 is 10.1 Å². The molecule has 148 valence electrons. The van der Waals surface area contributed by atoms with Crippen molar-refractivity contribution in [2.45, 2.75) is 32.1 Å². The fourth-order valence-corrected chi connectivity index (χ4v) is 3.41.